The molecule has 9 nitrogen and oxygen atoms in total. The van der Waals surface area contributed by atoms with E-state index in [1.165, 1.54) is 16.8 Å². The Morgan fingerprint density at radius 1 is 1.16 bits per heavy atom. The molecule has 2 N–H and O–H groups in total. The maximum atomic E-state index is 13.4. The predicted molar refractivity (Wildman–Crippen MR) is 107 cm³/mol. The number of carbonyl (C=O) groups is 1. The van der Waals surface area contributed by atoms with Gasteiger partial charge in [0.1, 0.15) is 5.52 Å². The monoisotopic (exact) mass is 443 g/mol. The molecule has 1 saturated heterocycles. The zero-order valence-corrected chi connectivity index (χ0v) is 16.5. The maximum Gasteiger partial charge on any atom is 0.417 e. The normalized spacial score (nSPS) is 17.2. The molecule has 1 fully saturated rings. The summed E-state index contributed by atoms with van der Waals surface area (Å²) in [5.41, 5.74) is 7.36. The number of hydrogen-bond acceptors (Lipinski definition) is 7. The van der Waals surface area contributed by atoms with Crippen LogP contribution in [0, 0.1) is 0 Å². The summed E-state index contributed by atoms with van der Waals surface area (Å²) in [6.07, 6.45) is -2.25. The molecular formula is C20H16F3N7O2. The fourth-order valence-electron chi connectivity index (χ4n) is 3.72. The molecule has 32 heavy (non-hydrogen) atoms. The SMILES string of the molecule is Nc1nc2ccc(C(=O)N3CCOCC3c3ccc(C(F)(F)F)cn3)cc2n2nncc12. The standard InChI is InChI=1S/C20H16F3N7O2/c21-20(22,23)12-2-4-13(25-8-12)17-10-32-6-5-29(17)19(31)11-1-3-14-15(7-11)30-16(9-26-28-30)18(24)27-14/h1-4,7-9,17H,5-6,10H2,(H2,24,27). The average molecular weight is 443 g/mol. The number of halogens is 3. The minimum atomic E-state index is -4.49. The summed E-state index contributed by atoms with van der Waals surface area (Å²) in [5.74, 6) is -0.0461. The molecule has 4 aromatic rings. The minimum absolute atomic E-state index is 0.128. The third-order valence-corrected chi connectivity index (χ3v) is 5.35. The van der Waals surface area contributed by atoms with E-state index in [-0.39, 0.29) is 24.9 Å². The first-order valence-corrected chi connectivity index (χ1v) is 9.64. The lowest BCUT2D eigenvalue weighted by atomic mass is 10.1. The Morgan fingerprint density at radius 3 is 2.75 bits per heavy atom. The molecule has 0 bridgehead atoms. The van der Waals surface area contributed by atoms with Crippen LogP contribution in [0.1, 0.15) is 27.7 Å². The van der Waals surface area contributed by atoms with Gasteiger partial charge in [0.2, 0.25) is 0 Å². The van der Waals surface area contributed by atoms with E-state index in [2.05, 4.69) is 20.3 Å². The molecule has 1 amide bonds. The second-order valence-corrected chi connectivity index (χ2v) is 7.29. The van der Waals surface area contributed by atoms with Gasteiger partial charge in [-0.2, -0.15) is 13.2 Å². The zero-order valence-electron chi connectivity index (χ0n) is 16.5. The topological polar surface area (TPSA) is 112 Å². The lowest BCUT2D eigenvalue weighted by Crippen LogP contribution is -2.43. The highest BCUT2D eigenvalue weighted by Gasteiger charge is 2.33. The number of alkyl halides is 3. The fourth-order valence-corrected chi connectivity index (χ4v) is 3.72. The van der Waals surface area contributed by atoms with Crippen LogP contribution >= 0.6 is 0 Å². The number of morpholine rings is 1. The zero-order chi connectivity index (χ0) is 22.5. The van der Waals surface area contributed by atoms with Crippen LogP contribution in [0.4, 0.5) is 19.0 Å². The number of amides is 1. The number of ether oxygens (including phenoxy) is 1. The van der Waals surface area contributed by atoms with Gasteiger partial charge in [-0.1, -0.05) is 5.21 Å². The van der Waals surface area contributed by atoms with Crippen molar-refractivity contribution < 1.29 is 22.7 Å². The molecule has 0 spiro atoms. The number of benzene rings is 1. The molecule has 1 aliphatic heterocycles. The quantitative estimate of drug-likeness (QED) is 0.507. The van der Waals surface area contributed by atoms with Gasteiger partial charge in [0.05, 0.1) is 47.7 Å². The summed E-state index contributed by atoms with van der Waals surface area (Å²) in [4.78, 5) is 23.2. The molecule has 0 aliphatic carbocycles. The third-order valence-electron chi connectivity index (χ3n) is 5.35. The number of carbonyl (C=O) groups excluding carboxylic acids is 1. The lowest BCUT2D eigenvalue weighted by Gasteiger charge is -2.35. The Balaban J connectivity index is 1.50. The lowest BCUT2D eigenvalue weighted by molar-refractivity contribution is -0.137. The number of aromatic nitrogens is 5. The predicted octanol–water partition coefficient (Wildman–Crippen LogP) is 2.49. The largest absolute Gasteiger partial charge is 0.417 e. The van der Waals surface area contributed by atoms with Crippen LogP contribution in [0.2, 0.25) is 0 Å². The Hall–Kier alpha value is -3.80. The molecule has 5 rings (SSSR count). The van der Waals surface area contributed by atoms with Gasteiger partial charge in [0.25, 0.3) is 5.91 Å². The molecular weight excluding hydrogens is 427 g/mol. The first kappa shape index (κ1) is 20.1. The van der Waals surface area contributed by atoms with E-state index < -0.39 is 17.8 Å². The molecule has 1 aromatic carbocycles. The van der Waals surface area contributed by atoms with Crippen molar-refractivity contribution in [2.45, 2.75) is 12.2 Å². The molecule has 164 valence electrons. The number of pyridine rings is 1. The summed E-state index contributed by atoms with van der Waals surface area (Å²) < 4.78 is 45.6. The maximum absolute atomic E-state index is 13.4. The van der Waals surface area contributed by atoms with Crippen molar-refractivity contribution >= 4 is 28.3 Å². The summed E-state index contributed by atoms with van der Waals surface area (Å²) in [6.45, 7) is 0.702. The number of anilines is 1. The van der Waals surface area contributed by atoms with Crippen LogP contribution in [0.3, 0.4) is 0 Å². The van der Waals surface area contributed by atoms with Crippen molar-refractivity contribution in [2.75, 3.05) is 25.5 Å². The van der Waals surface area contributed by atoms with E-state index in [4.69, 9.17) is 10.5 Å². The number of fused-ring (bicyclic) bond motifs is 3. The highest BCUT2D eigenvalue weighted by Crippen LogP contribution is 2.31. The van der Waals surface area contributed by atoms with Crippen LogP contribution in [0.25, 0.3) is 16.6 Å². The van der Waals surface area contributed by atoms with Crippen LogP contribution in [0.15, 0.2) is 42.7 Å². The van der Waals surface area contributed by atoms with E-state index in [1.54, 1.807) is 23.1 Å². The van der Waals surface area contributed by atoms with E-state index in [9.17, 15) is 18.0 Å². The summed E-state index contributed by atoms with van der Waals surface area (Å²) in [5, 5.41) is 7.86. The first-order chi connectivity index (χ1) is 15.3. The van der Waals surface area contributed by atoms with Crippen molar-refractivity contribution in [1.29, 1.82) is 0 Å². The number of rotatable bonds is 2. The Kier molecular flexibility index (Phi) is 4.66. The molecule has 1 atom stereocenters. The second-order valence-electron chi connectivity index (χ2n) is 7.29. The van der Waals surface area contributed by atoms with Gasteiger partial charge in [0, 0.05) is 18.3 Å². The number of hydrogen-bond donors (Lipinski definition) is 1. The molecule has 0 saturated carbocycles. The van der Waals surface area contributed by atoms with Gasteiger partial charge in [-0.3, -0.25) is 9.78 Å². The van der Waals surface area contributed by atoms with E-state index in [0.717, 1.165) is 12.3 Å². The van der Waals surface area contributed by atoms with Crippen LogP contribution < -0.4 is 5.73 Å². The van der Waals surface area contributed by atoms with Gasteiger partial charge in [0.15, 0.2) is 5.82 Å². The summed E-state index contributed by atoms with van der Waals surface area (Å²) in [7, 11) is 0. The Bertz CT molecular complexity index is 1320. The summed E-state index contributed by atoms with van der Waals surface area (Å²) in [6, 6.07) is 6.52. The molecule has 1 aliphatic rings. The molecule has 3 aromatic heterocycles. The van der Waals surface area contributed by atoms with Gasteiger partial charge in [-0.05, 0) is 30.3 Å². The highest BCUT2D eigenvalue weighted by atomic mass is 19.4. The van der Waals surface area contributed by atoms with E-state index in [1.807, 2.05) is 0 Å². The molecule has 0 radical (unpaired) electrons. The number of nitrogen functional groups attached to an aromatic ring is 1. The van der Waals surface area contributed by atoms with Crippen LogP contribution in [-0.4, -0.2) is 55.4 Å². The smallest absolute Gasteiger partial charge is 0.382 e. The van der Waals surface area contributed by atoms with Gasteiger partial charge < -0.3 is 15.4 Å². The van der Waals surface area contributed by atoms with Crippen LogP contribution in [-0.2, 0) is 10.9 Å². The van der Waals surface area contributed by atoms with Crippen LogP contribution in [0.5, 0.6) is 0 Å². The van der Waals surface area contributed by atoms with Crippen molar-refractivity contribution in [3.63, 3.8) is 0 Å². The minimum Gasteiger partial charge on any atom is -0.382 e. The number of nitrogens with two attached hydrogens (primary N) is 1. The average Bonchev–Trinajstić information content (AvgIpc) is 3.29. The van der Waals surface area contributed by atoms with E-state index >= 15 is 0 Å². The molecule has 12 heteroatoms. The van der Waals surface area contributed by atoms with Gasteiger partial charge in [-0.25, -0.2) is 9.50 Å². The van der Waals surface area contributed by atoms with Crippen molar-refractivity contribution in [3.05, 3.63) is 59.5 Å². The fraction of sp³-hybridized carbons (Fsp3) is 0.250. The third kappa shape index (κ3) is 3.38. The Morgan fingerprint density at radius 2 is 2.00 bits per heavy atom. The van der Waals surface area contributed by atoms with E-state index in [0.29, 0.717) is 34.4 Å². The Labute approximate surface area is 178 Å². The number of nitrogens with zero attached hydrogens (tertiary/aromatic N) is 6. The van der Waals surface area contributed by atoms with Crippen molar-refractivity contribution in [2.24, 2.45) is 0 Å². The highest BCUT2D eigenvalue weighted by molar-refractivity contribution is 5.98. The second kappa shape index (κ2) is 7.41. The molecule has 4 heterocycles. The van der Waals surface area contributed by atoms with Gasteiger partial charge in [-0.15, -0.1) is 5.10 Å². The molecule has 1 unspecified atom stereocenters. The van der Waals surface area contributed by atoms with Crippen molar-refractivity contribution in [3.8, 4) is 0 Å². The first-order valence-electron chi connectivity index (χ1n) is 9.64. The van der Waals surface area contributed by atoms with Crippen molar-refractivity contribution in [1.82, 2.24) is 29.7 Å². The van der Waals surface area contributed by atoms with Gasteiger partial charge >= 0.3 is 6.18 Å². The summed E-state index contributed by atoms with van der Waals surface area (Å²) >= 11 is 0.